The van der Waals surface area contributed by atoms with E-state index in [1.807, 2.05) is 23.3 Å². The number of nitrogens with zero attached hydrogens (tertiary/aromatic N) is 2. The number of anilines is 1. The molecule has 0 saturated carbocycles. The van der Waals surface area contributed by atoms with Crippen molar-refractivity contribution in [3.8, 4) is 0 Å². The predicted molar refractivity (Wildman–Crippen MR) is 103 cm³/mol. The first-order valence-electron chi connectivity index (χ1n) is 8.24. The average molecular weight is 339 g/mol. The van der Waals surface area contributed by atoms with Crippen LogP contribution in [0.5, 0.6) is 0 Å². The molecule has 1 aromatic heterocycles. The summed E-state index contributed by atoms with van der Waals surface area (Å²) in [6.45, 7) is 3.96. The first-order chi connectivity index (χ1) is 11.7. The zero-order valence-corrected chi connectivity index (χ0v) is 15.0. The Labute approximate surface area is 147 Å². The molecule has 0 fully saturated rings. The summed E-state index contributed by atoms with van der Waals surface area (Å²) in [5.74, 6) is 0. The summed E-state index contributed by atoms with van der Waals surface area (Å²) in [4.78, 5) is 2.05. The van der Waals surface area contributed by atoms with Crippen LogP contribution in [0.3, 0.4) is 0 Å². The van der Waals surface area contributed by atoms with Gasteiger partial charge in [0, 0.05) is 31.4 Å². The normalized spacial score (nSPS) is 11.5. The molecule has 0 atom stereocenters. The molecule has 0 spiro atoms. The number of para-hydroxylation sites is 1. The van der Waals surface area contributed by atoms with E-state index >= 15 is 0 Å². The van der Waals surface area contributed by atoms with Crippen molar-refractivity contribution >= 4 is 39.4 Å². The number of aliphatic hydroxyl groups is 1. The summed E-state index contributed by atoms with van der Waals surface area (Å²) in [5, 5.41) is 10.3. The van der Waals surface area contributed by atoms with Crippen molar-refractivity contribution < 1.29 is 9.67 Å². The van der Waals surface area contributed by atoms with Gasteiger partial charge < -0.3 is 10.0 Å². The largest absolute Gasteiger partial charge is 0.395 e. The Morgan fingerprint density at radius 3 is 2.54 bits per heavy atom. The Bertz CT molecular complexity index is 836. The van der Waals surface area contributed by atoms with E-state index in [2.05, 4.69) is 72.2 Å². The monoisotopic (exact) mass is 339 g/mol. The predicted octanol–water partition coefficient (Wildman–Crippen LogP) is 3.81. The fraction of sp³-hybridized carbons (Fsp3) is 0.250. The van der Waals surface area contributed by atoms with Crippen molar-refractivity contribution in [2.45, 2.75) is 13.5 Å². The highest BCUT2D eigenvalue weighted by Crippen LogP contribution is 2.22. The minimum atomic E-state index is 0.168. The number of thiazole rings is 1. The van der Waals surface area contributed by atoms with Gasteiger partial charge in [0.2, 0.25) is 5.52 Å². The van der Waals surface area contributed by atoms with Crippen molar-refractivity contribution in [3.05, 3.63) is 59.1 Å². The average Bonchev–Trinajstić information content (AvgIpc) is 2.98. The van der Waals surface area contributed by atoms with Gasteiger partial charge >= 0.3 is 0 Å². The van der Waals surface area contributed by atoms with Crippen molar-refractivity contribution in [1.82, 2.24) is 0 Å². The molecule has 1 heterocycles. The van der Waals surface area contributed by atoms with Crippen LogP contribution in [0.2, 0.25) is 0 Å². The van der Waals surface area contributed by atoms with Crippen LogP contribution in [0.25, 0.3) is 22.4 Å². The number of aryl methyl sites for hydroxylation is 1. The molecule has 2 aromatic carbocycles. The lowest BCUT2D eigenvalue weighted by molar-refractivity contribution is -0.665. The molecule has 0 amide bonds. The molecular weight excluding hydrogens is 316 g/mol. The molecule has 0 saturated heterocycles. The Morgan fingerprint density at radius 2 is 1.83 bits per heavy atom. The fourth-order valence-electron chi connectivity index (χ4n) is 2.79. The van der Waals surface area contributed by atoms with Crippen LogP contribution in [-0.4, -0.2) is 25.3 Å². The van der Waals surface area contributed by atoms with E-state index in [0.29, 0.717) is 6.54 Å². The van der Waals surface area contributed by atoms with Gasteiger partial charge in [-0.25, -0.2) is 0 Å². The summed E-state index contributed by atoms with van der Waals surface area (Å²) < 4.78 is 3.67. The summed E-state index contributed by atoms with van der Waals surface area (Å²) in [5.41, 5.74) is 3.59. The van der Waals surface area contributed by atoms with Gasteiger partial charge in [0.15, 0.2) is 0 Å². The highest BCUT2D eigenvalue weighted by molar-refractivity contribution is 7.18. The zero-order chi connectivity index (χ0) is 16.9. The topological polar surface area (TPSA) is 27.4 Å². The molecule has 1 N–H and O–H groups in total. The molecular formula is C20H23N2OS+. The lowest BCUT2D eigenvalue weighted by atomic mass is 10.2. The van der Waals surface area contributed by atoms with Gasteiger partial charge in [0.05, 0.1) is 6.61 Å². The van der Waals surface area contributed by atoms with E-state index < -0.39 is 0 Å². The van der Waals surface area contributed by atoms with E-state index in [9.17, 15) is 0 Å². The smallest absolute Gasteiger partial charge is 0.262 e. The Hall–Kier alpha value is -2.17. The Kier molecular flexibility index (Phi) is 5.28. The maximum absolute atomic E-state index is 9.02. The van der Waals surface area contributed by atoms with Gasteiger partial charge in [-0.1, -0.05) is 35.6 Å². The van der Waals surface area contributed by atoms with Crippen molar-refractivity contribution in [2.75, 3.05) is 25.1 Å². The van der Waals surface area contributed by atoms with Crippen LogP contribution < -0.4 is 9.47 Å². The van der Waals surface area contributed by atoms with Crippen molar-refractivity contribution in [3.63, 3.8) is 0 Å². The number of aliphatic hydroxyl groups excluding tert-OH is 1. The number of hydrogen-bond donors (Lipinski definition) is 1. The van der Waals surface area contributed by atoms with Crippen LogP contribution in [-0.2, 0) is 6.54 Å². The maximum atomic E-state index is 9.02. The van der Waals surface area contributed by atoms with E-state index in [4.69, 9.17) is 5.11 Å². The number of hydrogen-bond acceptors (Lipinski definition) is 3. The highest BCUT2D eigenvalue weighted by atomic mass is 32.1. The van der Waals surface area contributed by atoms with Crippen LogP contribution in [0, 0.1) is 0 Å². The van der Waals surface area contributed by atoms with Gasteiger partial charge in [-0.2, -0.15) is 4.57 Å². The second kappa shape index (κ2) is 7.60. The van der Waals surface area contributed by atoms with Gasteiger partial charge in [0.1, 0.15) is 11.2 Å². The second-order valence-corrected chi connectivity index (χ2v) is 6.78. The molecule has 24 heavy (non-hydrogen) atoms. The number of aromatic nitrogens is 1. The third kappa shape index (κ3) is 3.50. The van der Waals surface area contributed by atoms with E-state index in [-0.39, 0.29) is 6.61 Å². The van der Waals surface area contributed by atoms with Gasteiger partial charge in [-0.3, -0.25) is 0 Å². The lowest BCUT2D eigenvalue weighted by Crippen LogP contribution is -2.33. The molecule has 0 radical (unpaired) electrons. The summed E-state index contributed by atoms with van der Waals surface area (Å²) in [7, 11) is 1.99. The standard InChI is InChI=1S/C20H23N2OS/c1-3-22-18-6-4-5-7-19(18)24-20(22)13-10-16-8-11-17(12-9-16)21(2)14-15-23/h4-13,23H,3,14-15H2,1-2H3/q+1. The van der Waals surface area contributed by atoms with Gasteiger partial charge in [0.25, 0.3) is 5.01 Å². The number of likely N-dealkylation sites (N-methyl/N-ethyl adjacent to an activating group) is 1. The molecule has 0 aliphatic carbocycles. The van der Waals surface area contributed by atoms with Crippen LogP contribution >= 0.6 is 11.3 Å². The number of fused-ring (bicyclic) bond motifs is 1. The summed E-state index contributed by atoms with van der Waals surface area (Å²) in [6.07, 6.45) is 4.35. The van der Waals surface area contributed by atoms with Gasteiger partial charge in [-0.05, 0) is 36.8 Å². The molecule has 3 aromatic rings. The van der Waals surface area contributed by atoms with Crippen LogP contribution in [0.4, 0.5) is 5.69 Å². The van der Waals surface area contributed by atoms with Crippen molar-refractivity contribution in [2.24, 2.45) is 0 Å². The van der Waals surface area contributed by atoms with Crippen LogP contribution in [0.15, 0.2) is 48.5 Å². The van der Waals surface area contributed by atoms with Crippen molar-refractivity contribution in [1.29, 1.82) is 0 Å². The SMILES string of the molecule is CC[n+]1c(/C=C/c2ccc(N(C)CCO)cc2)sc2ccccc21. The van der Waals surface area contributed by atoms with E-state index in [1.54, 1.807) is 0 Å². The lowest BCUT2D eigenvalue weighted by Gasteiger charge is -2.17. The molecule has 124 valence electrons. The summed E-state index contributed by atoms with van der Waals surface area (Å²) >= 11 is 1.82. The fourth-order valence-corrected chi connectivity index (χ4v) is 3.92. The molecule has 0 unspecified atom stereocenters. The zero-order valence-electron chi connectivity index (χ0n) is 14.1. The maximum Gasteiger partial charge on any atom is 0.262 e. The molecule has 3 rings (SSSR count). The second-order valence-electron chi connectivity index (χ2n) is 5.72. The Morgan fingerprint density at radius 1 is 1.08 bits per heavy atom. The molecule has 0 aliphatic heterocycles. The van der Waals surface area contributed by atoms with E-state index in [0.717, 1.165) is 12.2 Å². The molecule has 4 heteroatoms. The highest BCUT2D eigenvalue weighted by Gasteiger charge is 2.15. The molecule has 0 aliphatic rings. The van der Waals surface area contributed by atoms with Gasteiger partial charge in [-0.15, -0.1) is 0 Å². The first-order valence-corrected chi connectivity index (χ1v) is 9.06. The van der Waals surface area contributed by atoms with E-state index in [1.165, 1.54) is 20.8 Å². The van der Waals surface area contributed by atoms with Crippen LogP contribution in [0.1, 0.15) is 17.5 Å². The Balaban J connectivity index is 1.83. The minimum Gasteiger partial charge on any atom is -0.395 e. The third-order valence-electron chi connectivity index (χ3n) is 4.14. The number of benzene rings is 2. The third-order valence-corrected chi connectivity index (χ3v) is 5.27. The molecule has 0 bridgehead atoms. The first kappa shape index (κ1) is 16.7. The number of rotatable bonds is 6. The quantitative estimate of drug-likeness (QED) is 0.692. The molecule has 3 nitrogen and oxygen atoms in total. The summed E-state index contributed by atoms with van der Waals surface area (Å²) in [6, 6.07) is 17.0. The minimum absolute atomic E-state index is 0.168.